The summed E-state index contributed by atoms with van der Waals surface area (Å²) in [5, 5.41) is 3.44. The lowest BCUT2D eigenvalue weighted by atomic mass is 10.0. The predicted molar refractivity (Wildman–Crippen MR) is 161 cm³/mol. The zero-order valence-electron chi connectivity index (χ0n) is 23.7. The van der Waals surface area contributed by atoms with Gasteiger partial charge in [0, 0.05) is 30.6 Å². The first kappa shape index (κ1) is 31.8. The molecule has 0 aliphatic rings. The number of rotatable bonds is 14. The highest BCUT2D eigenvalue weighted by Crippen LogP contribution is 2.34. The van der Waals surface area contributed by atoms with Gasteiger partial charge in [0.2, 0.25) is 21.8 Å². The summed E-state index contributed by atoms with van der Waals surface area (Å²) < 4.78 is 37.7. The van der Waals surface area contributed by atoms with E-state index in [4.69, 9.17) is 21.1 Å². The summed E-state index contributed by atoms with van der Waals surface area (Å²) in [5.74, 6) is -0.208. The molecule has 3 rings (SSSR count). The number of hydrogen-bond donors (Lipinski definition) is 1. The number of carbonyl (C=O) groups is 2. The van der Waals surface area contributed by atoms with E-state index in [1.165, 1.54) is 25.2 Å². The predicted octanol–water partition coefficient (Wildman–Crippen LogP) is 4.29. The van der Waals surface area contributed by atoms with Crippen LogP contribution in [0.5, 0.6) is 11.5 Å². The molecule has 9 nitrogen and oxygen atoms in total. The van der Waals surface area contributed by atoms with E-state index < -0.39 is 28.5 Å². The molecule has 3 aromatic carbocycles. The van der Waals surface area contributed by atoms with Crippen LogP contribution in [0, 0.1) is 0 Å². The molecule has 0 fully saturated rings. The van der Waals surface area contributed by atoms with Gasteiger partial charge >= 0.3 is 0 Å². The van der Waals surface area contributed by atoms with Crippen LogP contribution in [0.1, 0.15) is 24.5 Å². The van der Waals surface area contributed by atoms with Crippen LogP contribution in [0.25, 0.3) is 0 Å². The lowest BCUT2D eigenvalue weighted by Gasteiger charge is -2.33. The zero-order chi connectivity index (χ0) is 30.0. The summed E-state index contributed by atoms with van der Waals surface area (Å²) in [6.07, 6.45) is 1.97. The van der Waals surface area contributed by atoms with Crippen molar-refractivity contribution in [3.8, 4) is 11.5 Å². The average Bonchev–Trinajstić information content (AvgIpc) is 2.96. The third kappa shape index (κ3) is 8.86. The molecule has 0 aliphatic heterocycles. The molecule has 0 aliphatic carbocycles. The molecule has 11 heteroatoms. The van der Waals surface area contributed by atoms with Crippen LogP contribution in [-0.4, -0.2) is 64.7 Å². The Morgan fingerprint density at radius 1 is 0.951 bits per heavy atom. The number of methoxy groups -OCH3 is 2. The lowest BCUT2D eigenvalue weighted by molar-refractivity contribution is -0.140. The van der Waals surface area contributed by atoms with Crippen molar-refractivity contribution in [1.29, 1.82) is 0 Å². The van der Waals surface area contributed by atoms with Gasteiger partial charge in [-0.1, -0.05) is 61.0 Å². The Bertz CT molecular complexity index is 1420. The SMILES string of the molecule is CCCNC(=O)[C@@H](Cc1ccccc1)N(Cc1ccc(Cl)cc1)C(=O)CN(c1ccc(OC)cc1OC)S(C)(=O)=O. The van der Waals surface area contributed by atoms with Gasteiger partial charge in [0.15, 0.2) is 0 Å². The van der Waals surface area contributed by atoms with E-state index in [9.17, 15) is 18.0 Å². The first-order valence-electron chi connectivity index (χ1n) is 13.1. The zero-order valence-corrected chi connectivity index (χ0v) is 25.2. The fourth-order valence-electron chi connectivity index (χ4n) is 4.29. The fourth-order valence-corrected chi connectivity index (χ4v) is 5.27. The van der Waals surface area contributed by atoms with Crippen LogP contribution < -0.4 is 19.1 Å². The summed E-state index contributed by atoms with van der Waals surface area (Å²) in [6.45, 7) is 1.88. The summed E-state index contributed by atoms with van der Waals surface area (Å²) in [6, 6.07) is 20.1. The fraction of sp³-hybridized carbons (Fsp3) is 0.333. The maximum absolute atomic E-state index is 14.1. The number of hydrogen-bond acceptors (Lipinski definition) is 6. The van der Waals surface area contributed by atoms with Crippen molar-refractivity contribution in [3.63, 3.8) is 0 Å². The summed E-state index contributed by atoms with van der Waals surface area (Å²) in [5.41, 5.74) is 1.76. The minimum Gasteiger partial charge on any atom is -0.497 e. The largest absolute Gasteiger partial charge is 0.497 e. The number of halogens is 1. The number of anilines is 1. The Labute approximate surface area is 247 Å². The highest BCUT2D eigenvalue weighted by molar-refractivity contribution is 7.92. The Morgan fingerprint density at radius 2 is 1.63 bits per heavy atom. The van der Waals surface area contributed by atoms with Gasteiger partial charge < -0.3 is 19.7 Å². The van der Waals surface area contributed by atoms with Crippen LogP contribution in [0.4, 0.5) is 5.69 Å². The molecule has 41 heavy (non-hydrogen) atoms. The molecule has 0 radical (unpaired) electrons. The minimum atomic E-state index is -3.95. The van der Waals surface area contributed by atoms with Crippen molar-refractivity contribution in [1.82, 2.24) is 10.2 Å². The second-order valence-corrected chi connectivity index (χ2v) is 11.8. The van der Waals surface area contributed by atoms with Gasteiger partial charge in [-0.15, -0.1) is 0 Å². The smallest absolute Gasteiger partial charge is 0.244 e. The molecule has 0 spiro atoms. The monoisotopic (exact) mass is 601 g/mol. The third-order valence-corrected chi connectivity index (χ3v) is 7.80. The summed E-state index contributed by atoms with van der Waals surface area (Å²) in [7, 11) is -1.06. The molecule has 0 aromatic heterocycles. The van der Waals surface area contributed by atoms with Gasteiger partial charge in [-0.3, -0.25) is 13.9 Å². The maximum Gasteiger partial charge on any atom is 0.244 e. The van der Waals surface area contributed by atoms with Crippen molar-refractivity contribution >= 4 is 39.1 Å². The molecule has 0 saturated carbocycles. The second kappa shape index (κ2) is 14.7. The molecule has 1 N–H and O–H groups in total. The molecule has 2 amide bonds. The Balaban J connectivity index is 2.07. The Morgan fingerprint density at radius 3 is 2.22 bits per heavy atom. The number of ether oxygens (including phenoxy) is 2. The number of benzene rings is 3. The third-order valence-electron chi connectivity index (χ3n) is 6.42. The van der Waals surface area contributed by atoms with E-state index in [1.54, 1.807) is 36.4 Å². The molecule has 0 unspecified atom stereocenters. The lowest BCUT2D eigenvalue weighted by Crippen LogP contribution is -2.53. The summed E-state index contributed by atoms with van der Waals surface area (Å²) >= 11 is 6.09. The molecular formula is C30H36ClN3O6S. The van der Waals surface area contributed by atoms with Crippen LogP contribution in [-0.2, 0) is 32.6 Å². The maximum atomic E-state index is 14.1. The van der Waals surface area contributed by atoms with Crippen LogP contribution in [0.3, 0.4) is 0 Å². The van der Waals surface area contributed by atoms with Gasteiger partial charge in [-0.05, 0) is 41.8 Å². The molecule has 1 atom stereocenters. The standard InChI is InChI=1S/C30H36ClN3O6S/c1-5-17-32-30(36)27(18-22-9-7-6-8-10-22)33(20-23-11-13-24(31)14-12-23)29(35)21-34(41(4,37)38)26-16-15-25(39-2)19-28(26)40-3/h6-16,19,27H,5,17-18,20-21H2,1-4H3,(H,32,36)/t27-/m1/s1. The first-order chi connectivity index (χ1) is 19.6. The van der Waals surface area contributed by atoms with E-state index >= 15 is 0 Å². The van der Waals surface area contributed by atoms with Gasteiger partial charge in [-0.25, -0.2) is 8.42 Å². The highest BCUT2D eigenvalue weighted by Gasteiger charge is 2.33. The number of nitrogens with one attached hydrogen (secondary N) is 1. The van der Waals surface area contributed by atoms with Gasteiger partial charge in [0.25, 0.3) is 0 Å². The van der Waals surface area contributed by atoms with E-state index in [0.29, 0.717) is 23.7 Å². The van der Waals surface area contributed by atoms with Crippen molar-refractivity contribution in [2.24, 2.45) is 0 Å². The number of amides is 2. The van der Waals surface area contributed by atoms with Crippen molar-refractivity contribution in [3.05, 3.63) is 88.9 Å². The number of carbonyl (C=O) groups excluding carboxylic acids is 2. The van der Waals surface area contributed by atoms with Gasteiger partial charge in [-0.2, -0.15) is 0 Å². The first-order valence-corrected chi connectivity index (χ1v) is 15.3. The van der Waals surface area contributed by atoms with Crippen molar-refractivity contribution in [2.45, 2.75) is 32.4 Å². The average molecular weight is 602 g/mol. The molecule has 3 aromatic rings. The van der Waals surface area contributed by atoms with Crippen molar-refractivity contribution < 1.29 is 27.5 Å². The van der Waals surface area contributed by atoms with E-state index in [2.05, 4.69) is 5.32 Å². The van der Waals surface area contributed by atoms with Gasteiger partial charge in [0.1, 0.15) is 24.1 Å². The molecule has 220 valence electrons. The van der Waals surface area contributed by atoms with Crippen LogP contribution in [0.15, 0.2) is 72.8 Å². The van der Waals surface area contributed by atoms with E-state index in [0.717, 1.165) is 21.7 Å². The Hall–Kier alpha value is -3.76. The van der Waals surface area contributed by atoms with Crippen molar-refractivity contribution in [2.75, 3.05) is 37.9 Å². The quantitative estimate of drug-likeness (QED) is 0.296. The summed E-state index contributed by atoms with van der Waals surface area (Å²) in [4.78, 5) is 29.1. The second-order valence-electron chi connectivity index (χ2n) is 9.45. The highest BCUT2D eigenvalue weighted by atomic mass is 35.5. The van der Waals surface area contributed by atoms with Crippen LogP contribution in [0.2, 0.25) is 5.02 Å². The molecular weight excluding hydrogens is 566 g/mol. The molecule has 0 bridgehead atoms. The van der Waals surface area contributed by atoms with E-state index in [1.807, 2.05) is 37.3 Å². The van der Waals surface area contributed by atoms with E-state index in [-0.39, 0.29) is 30.3 Å². The topological polar surface area (TPSA) is 105 Å². The molecule has 0 saturated heterocycles. The van der Waals surface area contributed by atoms with Gasteiger partial charge in [0.05, 0.1) is 26.2 Å². The minimum absolute atomic E-state index is 0.0599. The number of nitrogens with zero attached hydrogens (tertiary/aromatic N) is 2. The molecule has 0 heterocycles. The normalized spacial score (nSPS) is 11.8. The Kier molecular flexibility index (Phi) is 11.4. The van der Waals surface area contributed by atoms with Crippen LogP contribution >= 0.6 is 11.6 Å². The number of sulfonamides is 1.